The summed E-state index contributed by atoms with van der Waals surface area (Å²) in [5.41, 5.74) is 6.27. The van der Waals surface area contributed by atoms with Crippen LogP contribution in [0.3, 0.4) is 0 Å². The molecule has 0 aliphatic heterocycles. The van der Waals surface area contributed by atoms with Crippen molar-refractivity contribution in [3.8, 4) is 0 Å². The van der Waals surface area contributed by atoms with E-state index in [1.807, 2.05) is 30.3 Å². The van der Waals surface area contributed by atoms with Gasteiger partial charge in [0, 0.05) is 5.56 Å². The molecule has 1 aliphatic carbocycles. The number of allylic oxidation sites excluding steroid dienone is 1. The first kappa shape index (κ1) is 12.6. The molecule has 2 heteroatoms. The van der Waals surface area contributed by atoms with E-state index in [4.69, 9.17) is 0 Å². The normalized spacial score (nSPS) is 12.8. The molecule has 0 atom stereocenters. The largest absolute Gasteiger partial charge is 0.288 e. The van der Waals surface area contributed by atoms with E-state index in [0.717, 1.165) is 18.4 Å². The monoisotopic (exact) mass is 264 g/mol. The predicted octanol–water partition coefficient (Wildman–Crippen LogP) is 4.41. The molecule has 98 valence electrons. The minimum atomic E-state index is -0.340. The average molecular weight is 264 g/mol. The van der Waals surface area contributed by atoms with Crippen molar-refractivity contribution in [2.24, 2.45) is 0 Å². The van der Waals surface area contributed by atoms with Gasteiger partial charge in [0.25, 0.3) is 0 Å². The maximum Gasteiger partial charge on any atom is 0.201 e. The van der Waals surface area contributed by atoms with Gasteiger partial charge in [-0.1, -0.05) is 30.3 Å². The van der Waals surface area contributed by atoms with Gasteiger partial charge in [-0.05, 0) is 48.2 Å². The molecule has 0 unspecified atom stereocenters. The summed E-state index contributed by atoms with van der Waals surface area (Å²) in [5, 5.41) is 0. The van der Waals surface area contributed by atoms with E-state index < -0.39 is 0 Å². The van der Waals surface area contributed by atoms with Crippen molar-refractivity contribution >= 4 is 11.4 Å². The predicted molar refractivity (Wildman–Crippen MR) is 76.8 cm³/mol. The average Bonchev–Trinajstić information content (AvgIpc) is 3.30. The van der Waals surface area contributed by atoms with Gasteiger partial charge in [-0.15, -0.1) is 5.73 Å². The second-order valence-corrected chi connectivity index (χ2v) is 4.81. The molecule has 0 heterocycles. The maximum absolute atomic E-state index is 13.0. The minimum Gasteiger partial charge on any atom is -0.288 e. The van der Waals surface area contributed by atoms with Crippen molar-refractivity contribution in [2.45, 2.75) is 12.8 Å². The number of hydrogen-bond acceptors (Lipinski definition) is 1. The van der Waals surface area contributed by atoms with Crippen LogP contribution in [-0.4, -0.2) is 5.78 Å². The van der Waals surface area contributed by atoms with Crippen LogP contribution in [0.25, 0.3) is 5.57 Å². The van der Waals surface area contributed by atoms with E-state index in [0.29, 0.717) is 11.1 Å². The molecule has 0 spiro atoms. The van der Waals surface area contributed by atoms with Gasteiger partial charge in [-0.3, -0.25) is 4.79 Å². The Hall–Kier alpha value is -2.44. The highest BCUT2D eigenvalue weighted by molar-refractivity contribution is 6.28. The molecule has 1 aliphatic rings. The maximum atomic E-state index is 13.0. The van der Waals surface area contributed by atoms with Gasteiger partial charge in [0.1, 0.15) is 5.82 Å². The molecular formula is C18H13FO. The number of benzene rings is 2. The molecule has 0 aromatic heterocycles. The third-order valence-corrected chi connectivity index (χ3v) is 3.20. The Morgan fingerprint density at radius 3 is 2.15 bits per heavy atom. The topological polar surface area (TPSA) is 17.1 Å². The Kier molecular flexibility index (Phi) is 3.32. The molecule has 0 amide bonds. The molecule has 2 aromatic rings. The number of carbonyl (C=O) groups excluding carboxylic acids is 1. The number of Topliss-reactive ketones (excluding diaryl/α,β-unsaturated/α-hetero) is 1. The molecule has 1 nitrogen and oxygen atoms in total. The number of carbonyl (C=O) groups is 1. The highest BCUT2D eigenvalue weighted by Gasteiger charge is 2.17. The fraction of sp³-hybridized carbons (Fsp3) is 0.111. The van der Waals surface area contributed by atoms with Crippen molar-refractivity contribution < 1.29 is 9.18 Å². The number of hydrogen-bond donors (Lipinski definition) is 0. The van der Waals surface area contributed by atoms with E-state index in [1.54, 1.807) is 0 Å². The van der Waals surface area contributed by atoms with Gasteiger partial charge < -0.3 is 0 Å². The van der Waals surface area contributed by atoms with Crippen molar-refractivity contribution in [1.29, 1.82) is 0 Å². The second-order valence-electron chi connectivity index (χ2n) is 4.81. The van der Waals surface area contributed by atoms with Crippen LogP contribution in [0.4, 0.5) is 4.39 Å². The Morgan fingerprint density at radius 2 is 1.55 bits per heavy atom. The summed E-state index contributed by atoms with van der Waals surface area (Å²) >= 11 is 0. The molecular weight excluding hydrogens is 251 g/mol. The van der Waals surface area contributed by atoms with Gasteiger partial charge in [0.15, 0.2) is 0 Å². The Balaban J connectivity index is 2.05. The zero-order valence-electron chi connectivity index (χ0n) is 10.9. The van der Waals surface area contributed by atoms with Crippen LogP contribution in [0.15, 0.2) is 65.9 Å². The van der Waals surface area contributed by atoms with Crippen molar-refractivity contribution in [3.05, 3.63) is 82.8 Å². The van der Waals surface area contributed by atoms with Gasteiger partial charge in [0.05, 0.1) is 5.57 Å². The summed E-state index contributed by atoms with van der Waals surface area (Å²) in [7, 11) is 0. The summed E-state index contributed by atoms with van der Waals surface area (Å²) in [4.78, 5) is 12.6. The standard InChI is InChI=1S/C18H13FO/c19-16-10-8-15(9-11-16)18(20)17(12-13-6-7-13)14-4-2-1-3-5-14/h1-5,8-11H,6-7H2. The summed E-state index contributed by atoms with van der Waals surface area (Å²) in [6, 6.07) is 15.1. The smallest absolute Gasteiger partial charge is 0.201 e. The lowest BCUT2D eigenvalue weighted by Gasteiger charge is -2.04. The van der Waals surface area contributed by atoms with Gasteiger partial charge in [0.2, 0.25) is 5.78 Å². The SMILES string of the molecule is O=C(C(=C=C1CC1)c1ccccc1)c1ccc(F)cc1. The first-order valence-electron chi connectivity index (χ1n) is 6.58. The quantitative estimate of drug-likeness (QED) is 0.456. The fourth-order valence-electron chi connectivity index (χ4n) is 1.97. The number of ketones is 1. The molecule has 0 N–H and O–H groups in total. The van der Waals surface area contributed by atoms with Gasteiger partial charge in [-0.2, -0.15) is 0 Å². The van der Waals surface area contributed by atoms with E-state index >= 15 is 0 Å². The summed E-state index contributed by atoms with van der Waals surface area (Å²) < 4.78 is 13.0. The lowest BCUT2D eigenvalue weighted by atomic mass is 9.97. The van der Waals surface area contributed by atoms with Crippen molar-refractivity contribution in [3.63, 3.8) is 0 Å². The van der Waals surface area contributed by atoms with E-state index in [-0.39, 0.29) is 11.6 Å². The Bertz CT molecular complexity index is 699. The second kappa shape index (κ2) is 5.28. The first-order chi connectivity index (χ1) is 9.74. The van der Waals surface area contributed by atoms with Crippen LogP contribution >= 0.6 is 0 Å². The number of rotatable bonds is 3. The van der Waals surface area contributed by atoms with Crippen LogP contribution in [0.1, 0.15) is 28.8 Å². The summed E-state index contributed by atoms with van der Waals surface area (Å²) in [6.45, 7) is 0. The Labute approximate surface area is 117 Å². The van der Waals surface area contributed by atoms with Crippen LogP contribution in [0, 0.1) is 5.82 Å². The minimum absolute atomic E-state index is 0.115. The van der Waals surface area contributed by atoms with Gasteiger partial charge in [-0.25, -0.2) is 4.39 Å². The van der Waals surface area contributed by atoms with Crippen LogP contribution < -0.4 is 0 Å². The number of halogens is 1. The van der Waals surface area contributed by atoms with Crippen LogP contribution in [-0.2, 0) is 0 Å². The lowest BCUT2D eigenvalue weighted by molar-refractivity contribution is 0.105. The highest BCUT2D eigenvalue weighted by atomic mass is 19.1. The van der Waals surface area contributed by atoms with E-state index in [2.05, 4.69) is 5.73 Å². The molecule has 0 saturated heterocycles. The van der Waals surface area contributed by atoms with E-state index in [1.165, 1.54) is 29.8 Å². The van der Waals surface area contributed by atoms with Crippen LogP contribution in [0.5, 0.6) is 0 Å². The molecule has 0 radical (unpaired) electrons. The zero-order chi connectivity index (χ0) is 13.9. The summed E-state index contributed by atoms with van der Waals surface area (Å²) in [5.74, 6) is -0.456. The molecule has 20 heavy (non-hydrogen) atoms. The summed E-state index contributed by atoms with van der Waals surface area (Å²) in [6.07, 6.45) is 2.01. The fourth-order valence-corrected chi connectivity index (χ4v) is 1.97. The molecule has 1 fully saturated rings. The third kappa shape index (κ3) is 2.76. The van der Waals surface area contributed by atoms with E-state index in [9.17, 15) is 9.18 Å². The molecule has 2 aromatic carbocycles. The van der Waals surface area contributed by atoms with Crippen LogP contribution in [0.2, 0.25) is 0 Å². The van der Waals surface area contributed by atoms with Crippen molar-refractivity contribution in [1.82, 2.24) is 0 Å². The third-order valence-electron chi connectivity index (χ3n) is 3.20. The Morgan fingerprint density at radius 1 is 0.900 bits per heavy atom. The van der Waals surface area contributed by atoms with Crippen molar-refractivity contribution in [2.75, 3.05) is 0 Å². The molecule has 3 rings (SSSR count). The molecule has 1 saturated carbocycles. The zero-order valence-corrected chi connectivity index (χ0v) is 10.9. The highest BCUT2D eigenvalue weighted by Crippen LogP contribution is 2.29. The van der Waals surface area contributed by atoms with Gasteiger partial charge >= 0.3 is 0 Å². The lowest BCUT2D eigenvalue weighted by Crippen LogP contribution is -2.02. The molecule has 0 bridgehead atoms. The first-order valence-corrected chi connectivity index (χ1v) is 6.58.